The number of alkyl halides is 2. The van der Waals surface area contributed by atoms with Gasteiger partial charge in [-0.2, -0.15) is 8.78 Å². The van der Waals surface area contributed by atoms with Crippen LogP contribution in [0.1, 0.15) is 12.1 Å². The normalized spacial score (nSPS) is 14.8. The van der Waals surface area contributed by atoms with E-state index in [0.717, 1.165) is 24.3 Å². The fourth-order valence-corrected chi connectivity index (χ4v) is 3.06. The SMILES string of the molecule is Cc1cc(N2CCCN(C(=O)Nc3cccc(OC(F)F)c3)CC2)ccn1. The van der Waals surface area contributed by atoms with Gasteiger partial charge >= 0.3 is 12.6 Å². The van der Waals surface area contributed by atoms with Gasteiger partial charge < -0.3 is 19.9 Å². The van der Waals surface area contributed by atoms with Crippen molar-refractivity contribution in [1.29, 1.82) is 0 Å². The predicted octanol–water partition coefficient (Wildman–Crippen LogP) is 3.74. The molecule has 2 aromatic rings. The highest BCUT2D eigenvalue weighted by molar-refractivity contribution is 5.89. The number of hydrogen-bond acceptors (Lipinski definition) is 4. The van der Waals surface area contributed by atoms with Crippen molar-refractivity contribution < 1.29 is 18.3 Å². The zero-order valence-electron chi connectivity index (χ0n) is 15.1. The van der Waals surface area contributed by atoms with Crippen molar-refractivity contribution in [2.24, 2.45) is 0 Å². The fraction of sp³-hybridized carbons (Fsp3) is 0.368. The molecule has 0 bridgehead atoms. The van der Waals surface area contributed by atoms with Crippen molar-refractivity contribution in [1.82, 2.24) is 9.88 Å². The lowest BCUT2D eigenvalue weighted by atomic mass is 10.3. The summed E-state index contributed by atoms with van der Waals surface area (Å²) in [7, 11) is 0. The molecule has 144 valence electrons. The van der Waals surface area contributed by atoms with E-state index in [1.54, 1.807) is 23.2 Å². The number of carbonyl (C=O) groups excluding carboxylic acids is 1. The van der Waals surface area contributed by atoms with Crippen molar-refractivity contribution >= 4 is 17.4 Å². The molecule has 0 aliphatic carbocycles. The molecule has 27 heavy (non-hydrogen) atoms. The number of rotatable bonds is 4. The summed E-state index contributed by atoms with van der Waals surface area (Å²) in [6, 6.07) is 9.75. The lowest BCUT2D eigenvalue weighted by molar-refractivity contribution is -0.0497. The van der Waals surface area contributed by atoms with E-state index in [0.29, 0.717) is 25.3 Å². The van der Waals surface area contributed by atoms with Gasteiger partial charge in [-0.25, -0.2) is 4.79 Å². The van der Waals surface area contributed by atoms with Crippen LogP contribution >= 0.6 is 0 Å². The molecule has 6 nitrogen and oxygen atoms in total. The summed E-state index contributed by atoms with van der Waals surface area (Å²) in [5.41, 5.74) is 2.47. The zero-order chi connectivity index (χ0) is 19.2. The second-order valence-electron chi connectivity index (χ2n) is 6.32. The summed E-state index contributed by atoms with van der Waals surface area (Å²) in [6.45, 7) is 1.81. The molecule has 1 aliphatic rings. The molecule has 0 spiro atoms. The summed E-state index contributed by atoms with van der Waals surface area (Å²) >= 11 is 0. The van der Waals surface area contributed by atoms with Gasteiger partial charge in [0.25, 0.3) is 0 Å². The number of amides is 2. The third kappa shape index (κ3) is 5.29. The Morgan fingerprint density at radius 1 is 1.19 bits per heavy atom. The Kier molecular flexibility index (Phi) is 6.05. The van der Waals surface area contributed by atoms with Gasteiger partial charge in [0.2, 0.25) is 0 Å². The zero-order valence-corrected chi connectivity index (χ0v) is 15.1. The summed E-state index contributed by atoms with van der Waals surface area (Å²) < 4.78 is 29.0. The molecule has 0 atom stereocenters. The van der Waals surface area contributed by atoms with E-state index in [4.69, 9.17) is 0 Å². The predicted molar refractivity (Wildman–Crippen MR) is 99.5 cm³/mol. The van der Waals surface area contributed by atoms with Gasteiger partial charge in [-0.1, -0.05) is 6.07 Å². The number of aromatic nitrogens is 1. The number of benzene rings is 1. The number of ether oxygens (including phenoxy) is 1. The fourth-order valence-electron chi connectivity index (χ4n) is 3.06. The van der Waals surface area contributed by atoms with Gasteiger partial charge in [0.15, 0.2) is 0 Å². The quantitative estimate of drug-likeness (QED) is 0.883. The minimum absolute atomic E-state index is 0.0119. The monoisotopic (exact) mass is 376 g/mol. The first-order valence-electron chi connectivity index (χ1n) is 8.80. The number of halogens is 2. The lowest BCUT2D eigenvalue weighted by Crippen LogP contribution is -2.38. The van der Waals surface area contributed by atoms with Gasteiger partial charge in [-0.15, -0.1) is 0 Å². The summed E-state index contributed by atoms with van der Waals surface area (Å²) in [5, 5.41) is 2.75. The number of carbonyl (C=O) groups is 1. The van der Waals surface area contributed by atoms with Crippen LogP contribution < -0.4 is 15.0 Å². The molecule has 1 aliphatic heterocycles. The number of nitrogens with zero attached hydrogens (tertiary/aromatic N) is 3. The average molecular weight is 376 g/mol. The highest BCUT2D eigenvalue weighted by atomic mass is 19.3. The van der Waals surface area contributed by atoms with Crippen molar-refractivity contribution in [2.45, 2.75) is 20.0 Å². The number of anilines is 2. The second-order valence-corrected chi connectivity index (χ2v) is 6.32. The Balaban J connectivity index is 1.59. The van der Waals surface area contributed by atoms with Crippen LogP contribution in [-0.2, 0) is 0 Å². The Labute approximate surface area is 156 Å². The van der Waals surface area contributed by atoms with Gasteiger partial charge in [0, 0.05) is 55.5 Å². The molecular weight excluding hydrogens is 354 g/mol. The molecule has 1 fully saturated rings. The molecule has 0 unspecified atom stereocenters. The summed E-state index contributed by atoms with van der Waals surface area (Å²) in [4.78, 5) is 20.7. The topological polar surface area (TPSA) is 57.7 Å². The molecule has 0 radical (unpaired) electrons. The van der Waals surface area contributed by atoms with Crippen LogP contribution in [0.25, 0.3) is 0 Å². The molecule has 0 saturated carbocycles. The van der Waals surface area contributed by atoms with Crippen LogP contribution in [0.5, 0.6) is 5.75 Å². The van der Waals surface area contributed by atoms with E-state index in [1.807, 2.05) is 19.1 Å². The Morgan fingerprint density at radius 2 is 2.04 bits per heavy atom. The standard InChI is InChI=1S/C19H22F2N4O2/c1-14-12-16(6-7-22-14)24-8-3-9-25(11-10-24)19(26)23-15-4-2-5-17(13-15)27-18(20)21/h2,4-7,12-13,18H,3,8-11H2,1H3,(H,23,26). The maximum absolute atomic E-state index is 12.5. The maximum atomic E-state index is 12.5. The van der Waals surface area contributed by atoms with Crippen LogP contribution in [0.15, 0.2) is 42.6 Å². The molecule has 1 aromatic heterocycles. The van der Waals surface area contributed by atoms with Gasteiger partial charge in [-0.3, -0.25) is 4.98 Å². The van der Waals surface area contributed by atoms with Crippen molar-refractivity contribution in [2.75, 3.05) is 36.4 Å². The second kappa shape index (κ2) is 8.66. The van der Waals surface area contributed by atoms with Gasteiger partial charge in [0.05, 0.1) is 0 Å². The Hall–Kier alpha value is -2.90. The highest BCUT2D eigenvalue weighted by Gasteiger charge is 2.20. The van der Waals surface area contributed by atoms with E-state index in [-0.39, 0.29) is 11.8 Å². The van der Waals surface area contributed by atoms with Gasteiger partial charge in [0.1, 0.15) is 5.75 Å². The number of nitrogens with one attached hydrogen (secondary N) is 1. The number of pyridine rings is 1. The highest BCUT2D eigenvalue weighted by Crippen LogP contribution is 2.20. The number of hydrogen-bond donors (Lipinski definition) is 1. The molecule has 1 N–H and O–H groups in total. The molecule has 2 heterocycles. The summed E-state index contributed by atoms with van der Waals surface area (Å²) in [5.74, 6) is 0.0119. The first-order chi connectivity index (χ1) is 13.0. The summed E-state index contributed by atoms with van der Waals surface area (Å²) in [6.07, 6.45) is 2.62. The first-order valence-corrected chi connectivity index (χ1v) is 8.80. The van der Waals surface area contributed by atoms with E-state index in [1.165, 1.54) is 12.1 Å². The van der Waals surface area contributed by atoms with Crippen LogP contribution in [-0.4, -0.2) is 48.7 Å². The molecular formula is C19H22F2N4O2. The van der Waals surface area contributed by atoms with Crippen LogP contribution in [0.3, 0.4) is 0 Å². The molecule has 1 aromatic carbocycles. The number of urea groups is 1. The molecule has 3 rings (SSSR count). The minimum Gasteiger partial charge on any atom is -0.435 e. The van der Waals surface area contributed by atoms with Crippen LogP contribution in [0.4, 0.5) is 25.0 Å². The van der Waals surface area contributed by atoms with E-state index >= 15 is 0 Å². The van der Waals surface area contributed by atoms with Crippen molar-refractivity contribution in [3.8, 4) is 5.75 Å². The number of aryl methyl sites for hydroxylation is 1. The third-order valence-electron chi connectivity index (χ3n) is 4.34. The Morgan fingerprint density at radius 3 is 2.81 bits per heavy atom. The van der Waals surface area contributed by atoms with E-state index in [2.05, 4.69) is 19.9 Å². The maximum Gasteiger partial charge on any atom is 0.387 e. The van der Waals surface area contributed by atoms with E-state index < -0.39 is 6.61 Å². The smallest absolute Gasteiger partial charge is 0.387 e. The largest absolute Gasteiger partial charge is 0.435 e. The van der Waals surface area contributed by atoms with Gasteiger partial charge in [-0.05, 0) is 37.6 Å². The van der Waals surface area contributed by atoms with Crippen molar-refractivity contribution in [3.63, 3.8) is 0 Å². The Bertz CT molecular complexity index is 788. The first kappa shape index (κ1) is 18.9. The van der Waals surface area contributed by atoms with Crippen LogP contribution in [0, 0.1) is 6.92 Å². The van der Waals surface area contributed by atoms with E-state index in [9.17, 15) is 13.6 Å². The molecule has 1 saturated heterocycles. The lowest BCUT2D eigenvalue weighted by Gasteiger charge is -2.24. The molecule has 2 amide bonds. The van der Waals surface area contributed by atoms with Crippen molar-refractivity contribution in [3.05, 3.63) is 48.3 Å². The minimum atomic E-state index is -2.90. The third-order valence-corrected chi connectivity index (χ3v) is 4.34. The average Bonchev–Trinajstić information content (AvgIpc) is 2.88. The molecule has 8 heteroatoms. The van der Waals surface area contributed by atoms with Crippen LogP contribution in [0.2, 0.25) is 0 Å².